The maximum absolute atomic E-state index is 10.5. The van der Waals surface area contributed by atoms with Crippen LogP contribution in [0, 0.1) is 6.92 Å². The normalized spacial score (nSPS) is 12.0. The van der Waals surface area contributed by atoms with Crippen LogP contribution in [0.1, 0.15) is 230 Å². The second-order valence-electron chi connectivity index (χ2n) is 17.7. The molecular formula is C56H95NO6. The standard InChI is InChI=1S/C56H95NO6/c1-4-57(5-2)50-52-48-53(62-46-42-38-34-30-26-22-18-14-10-6-8-12-16-20-24-28-32-36-40-44-55(58)59)51(3)54(49-52)63-47-43-39-35-31-27-23-19-15-11-7-9-13-17-21-25-29-33-37-41-45-56(60)61/h6-7,10-13,16-17,48-49H,4-5,8-9,14-15,18-47,50H2,1-3H3,(H,58,59)(H,60,61). The number of benzene rings is 1. The second-order valence-corrected chi connectivity index (χ2v) is 17.7. The van der Waals surface area contributed by atoms with Gasteiger partial charge in [0.15, 0.2) is 0 Å². The van der Waals surface area contributed by atoms with E-state index >= 15 is 0 Å². The van der Waals surface area contributed by atoms with E-state index in [2.05, 4.69) is 86.4 Å². The van der Waals surface area contributed by atoms with Crippen LogP contribution in [0.4, 0.5) is 0 Å². The fourth-order valence-electron chi connectivity index (χ4n) is 7.82. The van der Waals surface area contributed by atoms with Gasteiger partial charge in [-0.25, -0.2) is 0 Å². The van der Waals surface area contributed by atoms with Gasteiger partial charge in [0.05, 0.1) is 13.2 Å². The number of nitrogens with zero attached hydrogens (tertiary/aromatic N) is 1. The first kappa shape index (κ1) is 57.7. The van der Waals surface area contributed by atoms with Crippen LogP contribution in [-0.4, -0.2) is 53.4 Å². The fraction of sp³-hybridized carbons (Fsp3) is 0.714. The van der Waals surface area contributed by atoms with Crippen molar-refractivity contribution in [1.82, 2.24) is 4.90 Å². The Morgan fingerprint density at radius 3 is 1.08 bits per heavy atom. The van der Waals surface area contributed by atoms with Crippen LogP contribution in [0.3, 0.4) is 0 Å². The first-order valence-electron chi connectivity index (χ1n) is 26.0. The number of rotatable bonds is 46. The zero-order valence-corrected chi connectivity index (χ0v) is 40.9. The number of hydrogen-bond donors (Lipinski definition) is 2. The highest BCUT2D eigenvalue weighted by Gasteiger charge is 2.12. The molecule has 0 saturated carbocycles. The van der Waals surface area contributed by atoms with Gasteiger partial charge in [0.25, 0.3) is 0 Å². The molecule has 7 nitrogen and oxygen atoms in total. The lowest BCUT2D eigenvalue weighted by Gasteiger charge is -2.21. The molecule has 0 aliphatic carbocycles. The van der Waals surface area contributed by atoms with Crippen molar-refractivity contribution in [1.29, 1.82) is 0 Å². The fourth-order valence-corrected chi connectivity index (χ4v) is 7.82. The van der Waals surface area contributed by atoms with E-state index in [0.29, 0.717) is 12.8 Å². The first-order valence-corrected chi connectivity index (χ1v) is 26.0. The van der Waals surface area contributed by atoms with Crippen molar-refractivity contribution in [2.45, 2.75) is 233 Å². The molecule has 1 aromatic carbocycles. The number of hydrogen-bond acceptors (Lipinski definition) is 5. The Morgan fingerprint density at radius 2 is 0.762 bits per heavy atom. The second kappa shape index (κ2) is 43.9. The van der Waals surface area contributed by atoms with Gasteiger partial charge >= 0.3 is 11.9 Å². The predicted molar refractivity (Wildman–Crippen MR) is 268 cm³/mol. The largest absolute Gasteiger partial charge is 0.493 e. The van der Waals surface area contributed by atoms with E-state index in [1.807, 2.05) is 0 Å². The summed E-state index contributed by atoms with van der Waals surface area (Å²) in [7, 11) is 0. The molecule has 0 fully saturated rings. The van der Waals surface area contributed by atoms with Crippen molar-refractivity contribution in [2.24, 2.45) is 0 Å². The highest BCUT2D eigenvalue weighted by atomic mass is 16.5. The number of carbonyl (C=O) groups is 2. The lowest BCUT2D eigenvalue weighted by molar-refractivity contribution is -0.138. The van der Waals surface area contributed by atoms with Crippen molar-refractivity contribution in [3.05, 3.63) is 71.9 Å². The molecule has 0 bridgehead atoms. The maximum atomic E-state index is 10.5. The summed E-state index contributed by atoms with van der Waals surface area (Å²) in [4.78, 5) is 23.5. The van der Waals surface area contributed by atoms with Crippen molar-refractivity contribution in [3.63, 3.8) is 0 Å². The molecule has 0 aromatic heterocycles. The van der Waals surface area contributed by atoms with Crippen LogP contribution >= 0.6 is 0 Å². The Bertz CT molecular complexity index is 1250. The molecule has 0 aliphatic heterocycles. The van der Waals surface area contributed by atoms with E-state index in [9.17, 15) is 9.59 Å². The average Bonchev–Trinajstić information content (AvgIpc) is 3.27. The summed E-state index contributed by atoms with van der Waals surface area (Å²) in [5.74, 6) is 0.618. The predicted octanol–water partition coefficient (Wildman–Crippen LogP) is 16.5. The molecule has 0 spiro atoms. The van der Waals surface area contributed by atoms with Crippen molar-refractivity contribution < 1.29 is 29.3 Å². The number of unbranched alkanes of at least 4 members (excludes halogenated alkanes) is 24. The third-order valence-electron chi connectivity index (χ3n) is 12.0. The van der Waals surface area contributed by atoms with E-state index < -0.39 is 11.9 Å². The van der Waals surface area contributed by atoms with Crippen LogP contribution in [-0.2, 0) is 16.1 Å². The zero-order valence-electron chi connectivity index (χ0n) is 40.9. The average molecular weight is 878 g/mol. The Labute approximate surface area is 387 Å². The summed E-state index contributed by atoms with van der Waals surface area (Å²) in [6, 6.07) is 4.49. The minimum absolute atomic E-state index is 0.307. The molecular weight excluding hydrogens is 783 g/mol. The summed E-state index contributed by atoms with van der Waals surface area (Å²) in [5, 5.41) is 17.4. The topological polar surface area (TPSA) is 96.3 Å². The molecule has 0 atom stereocenters. The molecule has 0 amide bonds. The highest BCUT2D eigenvalue weighted by Crippen LogP contribution is 2.31. The molecule has 0 radical (unpaired) electrons. The van der Waals surface area contributed by atoms with Crippen molar-refractivity contribution in [3.8, 4) is 11.5 Å². The number of carboxylic acid groups (broad SMARTS) is 2. The smallest absolute Gasteiger partial charge is 0.303 e. The van der Waals surface area contributed by atoms with Crippen molar-refractivity contribution in [2.75, 3.05) is 26.3 Å². The van der Waals surface area contributed by atoms with Gasteiger partial charge in [-0.05, 0) is 128 Å². The molecule has 1 rings (SSSR count). The van der Waals surface area contributed by atoms with Gasteiger partial charge in [0.1, 0.15) is 11.5 Å². The van der Waals surface area contributed by atoms with E-state index in [-0.39, 0.29) is 0 Å². The minimum Gasteiger partial charge on any atom is -0.493 e. The Kier molecular flexibility index (Phi) is 40.2. The van der Waals surface area contributed by atoms with Gasteiger partial charge < -0.3 is 19.7 Å². The summed E-state index contributed by atoms with van der Waals surface area (Å²) in [5.41, 5.74) is 2.40. The molecule has 7 heteroatoms. The van der Waals surface area contributed by atoms with Gasteiger partial charge in [-0.3, -0.25) is 14.5 Å². The molecule has 0 saturated heterocycles. The lowest BCUT2D eigenvalue weighted by Crippen LogP contribution is -2.22. The van der Waals surface area contributed by atoms with Crippen LogP contribution in [0.15, 0.2) is 60.7 Å². The number of aliphatic carboxylic acids is 2. The van der Waals surface area contributed by atoms with E-state index in [1.54, 1.807) is 0 Å². The van der Waals surface area contributed by atoms with Gasteiger partial charge in [-0.2, -0.15) is 0 Å². The zero-order chi connectivity index (χ0) is 45.7. The molecule has 360 valence electrons. The number of ether oxygens (including phenoxy) is 2. The van der Waals surface area contributed by atoms with Crippen LogP contribution < -0.4 is 9.47 Å². The maximum Gasteiger partial charge on any atom is 0.303 e. The third kappa shape index (κ3) is 37.7. The minimum atomic E-state index is -0.678. The molecule has 63 heavy (non-hydrogen) atoms. The number of allylic oxidation sites excluding steroid dienone is 8. The Balaban J connectivity index is 2.17. The summed E-state index contributed by atoms with van der Waals surface area (Å²) in [6.45, 7) is 11.1. The highest BCUT2D eigenvalue weighted by molar-refractivity contribution is 5.66. The Hall–Kier alpha value is -3.32. The number of carboxylic acids is 2. The van der Waals surface area contributed by atoms with Crippen LogP contribution in [0.2, 0.25) is 0 Å². The summed E-state index contributed by atoms with van der Waals surface area (Å²) >= 11 is 0. The summed E-state index contributed by atoms with van der Waals surface area (Å²) < 4.78 is 12.8. The van der Waals surface area contributed by atoms with Crippen LogP contribution in [0.5, 0.6) is 11.5 Å². The molecule has 0 unspecified atom stereocenters. The van der Waals surface area contributed by atoms with Gasteiger partial charge in [-0.15, -0.1) is 0 Å². The van der Waals surface area contributed by atoms with Crippen molar-refractivity contribution >= 4 is 11.9 Å². The van der Waals surface area contributed by atoms with Gasteiger partial charge in [0.2, 0.25) is 0 Å². The van der Waals surface area contributed by atoms with Gasteiger partial charge in [0, 0.05) is 24.9 Å². The van der Waals surface area contributed by atoms with Gasteiger partial charge in [-0.1, -0.05) is 165 Å². The third-order valence-corrected chi connectivity index (χ3v) is 12.0. The van der Waals surface area contributed by atoms with E-state index in [0.717, 1.165) is 127 Å². The van der Waals surface area contributed by atoms with Crippen LogP contribution in [0.25, 0.3) is 0 Å². The van der Waals surface area contributed by atoms with E-state index in [1.165, 1.54) is 121 Å². The SMILES string of the molecule is CCN(CC)Cc1cc(OCCCCCCCCCC=CCC=CCCCCCCCC(=O)O)c(C)c(OCCCCCCCCCC=CCC=CCCCCCCCC(=O)O)c1. The first-order chi connectivity index (χ1) is 30.9. The molecule has 2 N–H and O–H groups in total. The molecule has 1 aromatic rings. The molecule has 0 heterocycles. The summed E-state index contributed by atoms with van der Waals surface area (Å²) in [6.07, 6.45) is 54.1. The molecule has 0 aliphatic rings. The lowest BCUT2D eigenvalue weighted by atomic mass is 10.1. The Morgan fingerprint density at radius 1 is 0.460 bits per heavy atom. The monoisotopic (exact) mass is 878 g/mol. The quantitative estimate of drug-likeness (QED) is 0.0497. The van der Waals surface area contributed by atoms with E-state index in [4.69, 9.17) is 19.7 Å².